The van der Waals surface area contributed by atoms with Gasteiger partial charge in [0.15, 0.2) is 0 Å². The van der Waals surface area contributed by atoms with Gasteiger partial charge in [-0.1, -0.05) is 0 Å². The molecule has 0 radical (unpaired) electrons. The second-order valence-corrected chi connectivity index (χ2v) is 4.11. The predicted molar refractivity (Wildman–Crippen MR) is 55.7 cm³/mol. The molecule has 3 heteroatoms. The Balaban J connectivity index is 2.38. The first-order valence-electron chi connectivity index (χ1n) is 5.53. The summed E-state index contributed by atoms with van der Waals surface area (Å²) in [5.74, 6) is 0. The molecule has 0 spiro atoms. The summed E-state index contributed by atoms with van der Waals surface area (Å²) in [6.45, 7) is 3.54. The molecule has 0 amide bonds. The van der Waals surface area contributed by atoms with Crippen molar-refractivity contribution in [3.8, 4) is 6.07 Å². The van der Waals surface area contributed by atoms with Crippen LogP contribution in [0.3, 0.4) is 0 Å². The molecule has 0 aromatic rings. The second kappa shape index (κ2) is 6.00. The van der Waals surface area contributed by atoms with E-state index in [-0.39, 0.29) is 6.61 Å². The molecule has 0 saturated carbocycles. The van der Waals surface area contributed by atoms with Crippen LogP contribution in [-0.2, 0) is 0 Å². The molecule has 0 aliphatic carbocycles. The molecule has 1 saturated heterocycles. The van der Waals surface area contributed by atoms with E-state index in [9.17, 15) is 0 Å². The number of nitriles is 1. The van der Waals surface area contributed by atoms with Crippen molar-refractivity contribution < 1.29 is 5.11 Å². The van der Waals surface area contributed by atoms with Gasteiger partial charge in [0.25, 0.3) is 0 Å². The zero-order valence-electron chi connectivity index (χ0n) is 8.95. The van der Waals surface area contributed by atoms with E-state index in [4.69, 9.17) is 10.4 Å². The topological polar surface area (TPSA) is 47.3 Å². The van der Waals surface area contributed by atoms with Crippen LogP contribution < -0.4 is 0 Å². The van der Waals surface area contributed by atoms with Crippen molar-refractivity contribution in [2.24, 2.45) is 0 Å². The third kappa shape index (κ3) is 2.97. The molecule has 1 N–H and O–H groups in total. The van der Waals surface area contributed by atoms with Crippen LogP contribution in [0.25, 0.3) is 0 Å². The van der Waals surface area contributed by atoms with Gasteiger partial charge < -0.3 is 5.11 Å². The monoisotopic (exact) mass is 196 g/mol. The number of hydrogen-bond acceptors (Lipinski definition) is 3. The summed E-state index contributed by atoms with van der Waals surface area (Å²) in [6, 6.07) is 3.21. The molecule has 2 unspecified atom stereocenters. The van der Waals surface area contributed by atoms with Crippen molar-refractivity contribution in [2.75, 3.05) is 13.2 Å². The van der Waals surface area contributed by atoms with Gasteiger partial charge in [0, 0.05) is 18.7 Å². The second-order valence-electron chi connectivity index (χ2n) is 4.11. The molecular weight excluding hydrogens is 176 g/mol. The van der Waals surface area contributed by atoms with Crippen molar-refractivity contribution in [3.63, 3.8) is 0 Å². The average molecular weight is 196 g/mol. The van der Waals surface area contributed by atoms with E-state index in [0.29, 0.717) is 18.5 Å². The molecule has 2 atom stereocenters. The minimum atomic E-state index is 0.289. The zero-order chi connectivity index (χ0) is 10.4. The van der Waals surface area contributed by atoms with Crippen LogP contribution in [0.2, 0.25) is 0 Å². The number of aliphatic hydroxyl groups is 1. The van der Waals surface area contributed by atoms with Crippen molar-refractivity contribution in [1.29, 1.82) is 5.26 Å². The van der Waals surface area contributed by atoms with Gasteiger partial charge in [0.2, 0.25) is 0 Å². The maximum Gasteiger partial charge on any atom is 0.0638 e. The zero-order valence-corrected chi connectivity index (χ0v) is 8.95. The Bertz CT molecular complexity index is 200. The minimum Gasteiger partial charge on any atom is -0.396 e. The molecule has 1 heterocycles. The van der Waals surface area contributed by atoms with Gasteiger partial charge in [-0.05, 0) is 39.2 Å². The van der Waals surface area contributed by atoms with E-state index in [0.717, 1.165) is 19.4 Å². The summed E-state index contributed by atoms with van der Waals surface area (Å²) < 4.78 is 0. The van der Waals surface area contributed by atoms with E-state index in [1.807, 2.05) is 0 Å². The highest BCUT2D eigenvalue weighted by molar-refractivity contribution is 4.87. The Morgan fingerprint density at radius 3 is 3.07 bits per heavy atom. The Morgan fingerprint density at radius 1 is 1.64 bits per heavy atom. The number of nitrogens with zero attached hydrogens (tertiary/aromatic N) is 2. The van der Waals surface area contributed by atoms with E-state index in [1.165, 1.54) is 12.8 Å². The Hall–Kier alpha value is -0.590. The number of likely N-dealkylation sites (tertiary alicyclic amines) is 1. The van der Waals surface area contributed by atoms with Gasteiger partial charge in [-0.3, -0.25) is 4.90 Å². The normalized spacial score (nSPS) is 24.8. The van der Waals surface area contributed by atoms with E-state index in [2.05, 4.69) is 17.9 Å². The van der Waals surface area contributed by atoms with Gasteiger partial charge in [0.1, 0.15) is 0 Å². The average Bonchev–Trinajstić information content (AvgIpc) is 2.63. The van der Waals surface area contributed by atoms with E-state index < -0.39 is 0 Å². The summed E-state index contributed by atoms with van der Waals surface area (Å²) >= 11 is 0. The smallest absolute Gasteiger partial charge is 0.0638 e. The van der Waals surface area contributed by atoms with Gasteiger partial charge in [-0.25, -0.2) is 0 Å². The lowest BCUT2D eigenvalue weighted by atomic mass is 10.1. The van der Waals surface area contributed by atoms with Crippen LogP contribution in [-0.4, -0.2) is 35.2 Å². The Labute approximate surface area is 86.3 Å². The molecule has 0 aromatic heterocycles. The number of rotatable bonds is 5. The van der Waals surface area contributed by atoms with Gasteiger partial charge in [0.05, 0.1) is 12.5 Å². The molecule has 0 aromatic carbocycles. The third-order valence-corrected chi connectivity index (χ3v) is 3.07. The summed E-state index contributed by atoms with van der Waals surface area (Å²) in [6.07, 6.45) is 5.06. The highest BCUT2D eigenvalue weighted by atomic mass is 16.2. The highest BCUT2D eigenvalue weighted by Crippen LogP contribution is 2.24. The lowest BCUT2D eigenvalue weighted by Gasteiger charge is -2.29. The summed E-state index contributed by atoms with van der Waals surface area (Å²) in [7, 11) is 0. The fourth-order valence-corrected chi connectivity index (χ4v) is 2.32. The fraction of sp³-hybridized carbons (Fsp3) is 0.909. The van der Waals surface area contributed by atoms with Crippen LogP contribution in [0.15, 0.2) is 0 Å². The maximum absolute atomic E-state index is 8.78. The van der Waals surface area contributed by atoms with Crippen LogP contribution in [0.4, 0.5) is 0 Å². The highest BCUT2D eigenvalue weighted by Gasteiger charge is 2.27. The third-order valence-electron chi connectivity index (χ3n) is 3.07. The summed E-state index contributed by atoms with van der Waals surface area (Å²) in [4.78, 5) is 2.43. The molecule has 0 bridgehead atoms. The minimum absolute atomic E-state index is 0.289. The van der Waals surface area contributed by atoms with Gasteiger partial charge in [-0.2, -0.15) is 5.26 Å². The molecular formula is C11H20N2O. The molecule has 1 rings (SSSR count). The molecule has 3 nitrogen and oxygen atoms in total. The predicted octanol–water partition coefficient (Wildman–Crippen LogP) is 1.53. The molecule has 1 fully saturated rings. The number of hydrogen-bond donors (Lipinski definition) is 1. The molecule has 1 aliphatic heterocycles. The maximum atomic E-state index is 8.78. The van der Waals surface area contributed by atoms with Crippen LogP contribution in [0.5, 0.6) is 0 Å². The van der Waals surface area contributed by atoms with Crippen LogP contribution in [0.1, 0.15) is 39.0 Å². The molecule has 14 heavy (non-hydrogen) atoms. The molecule has 1 aliphatic rings. The van der Waals surface area contributed by atoms with Crippen molar-refractivity contribution >= 4 is 0 Å². The Kier molecular flexibility index (Phi) is 4.92. The summed E-state index contributed by atoms with van der Waals surface area (Å²) in [5.41, 5.74) is 0. The lowest BCUT2D eigenvalue weighted by molar-refractivity contribution is 0.173. The Morgan fingerprint density at radius 2 is 2.43 bits per heavy atom. The molecule has 80 valence electrons. The van der Waals surface area contributed by atoms with Crippen molar-refractivity contribution in [1.82, 2.24) is 4.90 Å². The van der Waals surface area contributed by atoms with Crippen LogP contribution >= 0.6 is 0 Å². The van der Waals surface area contributed by atoms with Crippen molar-refractivity contribution in [3.05, 3.63) is 0 Å². The van der Waals surface area contributed by atoms with Crippen molar-refractivity contribution in [2.45, 2.75) is 51.1 Å². The van der Waals surface area contributed by atoms with E-state index in [1.54, 1.807) is 0 Å². The van der Waals surface area contributed by atoms with E-state index >= 15 is 0 Å². The summed E-state index contributed by atoms with van der Waals surface area (Å²) in [5, 5.41) is 17.4. The first kappa shape index (κ1) is 11.5. The quantitative estimate of drug-likeness (QED) is 0.725. The fourth-order valence-electron chi connectivity index (χ4n) is 2.32. The SMILES string of the molecule is CC(CC#N)N1CCCC1CCCO. The van der Waals surface area contributed by atoms with Gasteiger partial charge in [-0.15, -0.1) is 0 Å². The van der Waals surface area contributed by atoms with Gasteiger partial charge >= 0.3 is 0 Å². The lowest BCUT2D eigenvalue weighted by Crippen LogP contribution is -2.37. The first-order chi connectivity index (χ1) is 6.79. The first-order valence-corrected chi connectivity index (χ1v) is 5.53. The standard InChI is InChI=1S/C11H20N2O/c1-10(6-7-12)13-8-2-4-11(13)5-3-9-14/h10-11,14H,2-6,8-9H2,1H3. The number of aliphatic hydroxyl groups excluding tert-OH is 1. The largest absolute Gasteiger partial charge is 0.396 e. The van der Waals surface area contributed by atoms with Crippen LogP contribution in [0, 0.1) is 11.3 Å².